The normalized spacial score (nSPS) is 12.2. The second-order valence-corrected chi connectivity index (χ2v) is 4.74. The number of aliphatic hydroxyl groups is 1. The highest BCUT2D eigenvalue weighted by atomic mass is 35.5. The highest BCUT2D eigenvalue weighted by Gasteiger charge is 2.15. The molecule has 2 N–H and O–H groups in total. The minimum Gasteiger partial charge on any atom is -0.459 e. The summed E-state index contributed by atoms with van der Waals surface area (Å²) in [6.07, 6.45) is 0.385. The van der Waals surface area contributed by atoms with Gasteiger partial charge in [-0.05, 0) is 30.7 Å². The summed E-state index contributed by atoms with van der Waals surface area (Å²) in [5.41, 5.74) is 1.04. The largest absolute Gasteiger partial charge is 0.459 e. The lowest BCUT2D eigenvalue weighted by molar-refractivity contribution is 0.0888. The van der Waals surface area contributed by atoms with E-state index in [1.165, 1.54) is 18.4 Å². The Kier molecular flexibility index (Phi) is 4.42. The van der Waals surface area contributed by atoms with Crippen molar-refractivity contribution in [2.24, 2.45) is 0 Å². The number of furan rings is 1. The molecule has 0 saturated carbocycles. The van der Waals surface area contributed by atoms with Crippen LogP contribution in [0.5, 0.6) is 0 Å². The van der Waals surface area contributed by atoms with Crippen molar-refractivity contribution in [1.82, 2.24) is 5.32 Å². The van der Waals surface area contributed by atoms with Gasteiger partial charge in [-0.25, -0.2) is 4.39 Å². The lowest BCUT2D eigenvalue weighted by Crippen LogP contribution is -2.28. The summed E-state index contributed by atoms with van der Waals surface area (Å²) in [5.74, 6) is -0.850. The van der Waals surface area contributed by atoms with Gasteiger partial charge in [-0.2, -0.15) is 0 Å². The minimum atomic E-state index is -1.03. The van der Waals surface area contributed by atoms with Crippen molar-refractivity contribution < 1.29 is 18.7 Å². The number of hydrogen-bond acceptors (Lipinski definition) is 3. The van der Waals surface area contributed by atoms with Crippen LogP contribution in [0.4, 0.5) is 4.39 Å². The van der Waals surface area contributed by atoms with Crippen molar-refractivity contribution in [3.8, 4) is 0 Å². The second kappa shape index (κ2) is 6.07. The van der Waals surface area contributed by atoms with Crippen LogP contribution in [0.3, 0.4) is 0 Å². The number of rotatable bonds is 4. The molecule has 0 aliphatic carbocycles. The van der Waals surface area contributed by atoms with Crippen LogP contribution in [0, 0.1) is 12.7 Å². The average Bonchev–Trinajstić information content (AvgIpc) is 2.85. The standard InChI is InChI=1S/C14H13ClFNO3/c1-8-4-5-20-13(8)14(19)17-7-12(18)9-2-3-10(15)11(16)6-9/h2-6,12,18H,7H2,1H3,(H,17,19). The number of hydrogen-bond donors (Lipinski definition) is 2. The molecule has 2 aromatic rings. The van der Waals surface area contributed by atoms with E-state index in [-0.39, 0.29) is 17.3 Å². The van der Waals surface area contributed by atoms with Gasteiger partial charge in [0.25, 0.3) is 5.91 Å². The van der Waals surface area contributed by atoms with E-state index in [0.717, 1.165) is 6.07 Å². The molecule has 1 aromatic carbocycles. The Bertz CT molecular complexity index is 627. The van der Waals surface area contributed by atoms with Crippen LogP contribution in [0.1, 0.15) is 27.8 Å². The third-order valence-electron chi connectivity index (χ3n) is 2.85. The van der Waals surface area contributed by atoms with E-state index in [4.69, 9.17) is 16.0 Å². The third-order valence-corrected chi connectivity index (χ3v) is 3.16. The molecule has 0 radical (unpaired) electrons. The number of carbonyl (C=O) groups excluding carboxylic acids is 1. The maximum Gasteiger partial charge on any atom is 0.287 e. The van der Waals surface area contributed by atoms with Gasteiger partial charge in [0.15, 0.2) is 5.76 Å². The van der Waals surface area contributed by atoms with Gasteiger partial charge in [0.05, 0.1) is 17.4 Å². The van der Waals surface area contributed by atoms with Gasteiger partial charge in [-0.1, -0.05) is 17.7 Å². The van der Waals surface area contributed by atoms with E-state index in [2.05, 4.69) is 5.32 Å². The van der Waals surface area contributed by atoms with Gasteiger partial charge in [0.2, 0.25) is 0 Å². The first-order valence-corrected chi connectivity index (χ1v) is 6.32. The van der Waals surface area contributed by atoms with Crippen molar-refractivity contribution >= 4 is 17.5 Å². The van der Waals surface area contributed by atoms with Crippen LogP contribution in [0.2, 0.25) is 5.02 Å². The molecule has 4 nitrogen and oxygen atoms in total. The highest BCUT2D eigenvalue weighted by Crippen LogP contribution is 2.20. The monoisotopic (exact) mass is 297 g/mol. The van der Waals surface area contributed by atoms with Crippen LogP contribution in [-0.4, -0.2) is 17.6 Å². The van der Waals surface area contributed by atoms with Gasteiger partial charge in [-0.3, -0.25) is 4.79 Å². The first kappa shape index (κ1) is 14.6. The highest BCUT2D eigenvalue weighted by molar-refractivity contribution is 6.30. The van der Waals surface area contributed by atoms with Crippen molar-refractivity contribution in [2.75, 3.05) is 6.54 Å². The quantitative estimate of drug-likeness (QED) is 0.912. The molecule has 0 aliphatic rings. The molecule has 6 heteroatoms. The molecular formula is C14H13ClFNO3. The number of amides is 1. The van der Waals surface area contributed by atoms with Crippen LogP contribution in [-0.2, 0) is 0 Å². The Morgan fingerprint density at radius 1 is 1.50 bits per heavy atom. The zero-order chi connectivity index (χ0) is 14.7. The smallest absolute Gasteiger partial charge is 0.287 e. The van der Waals surface area contributed by atoms with E-state index in [1.807, 2.05) is 0 Å². The van der Waals surface area contributed by atoms with E-state index < -0.39 is 17.8 Å². The molecule has 1 unspecified atom stereocenters. The van der Waals surface area contributed by atoms with Crippen LogP contribution in [0.25, 0.3) is 0 Å². The molecule has 0 bridgehead atoms. The van der Waals surface area contributed by atoms with E-state index in [1.54, 1.807) is 13.0 Å². The van der Waals surface area contributed by atoms with Crippen LogP contribution in [0.15, 0.2) is 34.9 Å². The summed E-state index contributed by atoms with van der Waals surface area (Å²) in [6.45, 7) is 1.68. The Balaban J connectivity index is 1.98. The summed E-state index contributed by atoms with van der Waals surface area (Å²) in [7, 11) is 0. The maximum atomic E-state index is 13.3. The number of nitrogens with one attached hydrogen (secondary N) is 1. The molecule has 1 aromatic heterocycles. The van der Waals surface area contributed by atoms with Crippen LogP contribution >= 0.6 is 11.6 Å². The Morgan fingerprint density at radius 3 is 2.85 bits per heavy atom. The fourth-order valence-corrected chi connectivity index (χ4v) is 1.83. The number of aryl methyl sites for hydroxylation is 1. The Labute approximate surface area is 120 Å². The summed E-state index contributed by atoms with van der Waals surface area (Å²) in [6, 6.07) is 5.66. The molecule has 106 valence electrons. The number of halogens is 2. The summed E-state index contributed by atoms with van der Waals surface area (Å²) >= 11 is 5.56. The van der Waals surface area contributed by atoms with Crippen molar-refractivity contribution in [2.45, 2.75) is 13.0 Å². The van der Waals surface area contributed by atoms with Gasteiger partial charge in [0, 0.05) is 12.1 Å². The molecular weight excluding hydrogens is 285 g/mol. The zero-order valence-electron chi connectivity index (χ0n) is 10.7. The molecule has 0 aliphatic heterocycles. The molecule has 1 heterocycles. The fraction of sp³-hybridized carbons (Fsp3) is 0.214. The second-order valence-electron chi connectivity index (χ2n) is 4.33. The van der Waals surface area contributed by atoms with Crippen molar-refractivity contribution in [1.29, 1.82) is 0 Å². The van der Waals surface area contributed by atoms with Crippen LogP contribution < -0.4 is 5.32 Å². The topological polar surface area (TPSA) is 62.5 Å². The number of aliphatic hydroxyl groups excluding tert-OH is 1. The molecule has 1 amide bonds. The number of carbonyl (C=O) groups is 1. The predicted molar refractivity (Wildman–Crippen MR) is 72.1 cm³/mol. The van der Waals surface area contributed by atoms with Gasteiger partial charge in [-0.15, -0.1) is 0 Å². The first-order chi connectivity index (χ1) is 9.49. The first-order valence-electron chi connectivity index (χ1n) is 5.94. The molecule has 0 saturated heterocycles. The fourth-order valence-electron chi connectivity index (χ4n) is 1.71. The van der Waals surface area contributed by atoms with Crippen molar-refractivity contribution in [3.63, 3.8) is 0 Å². The summed E-state index contributed by atoms with van der Waals surface area (Å²) in [5, 5.41) is 12.4. The zero-order valence-corrected chi connectivity index (χ0v) is 11.4. The van der Waals surface area contributed by atoms with Gasteiger partial charge >= 0.3 is 0 Å². The molecule has 1 atom stereocenters. The third kappa shape index (κ3) is 3.18. The lowest BCUT2D eigenvalue weighted by atomic mass is 10.1. The van der Waals surface area contributed by atoms with E-state index in [0.29, 0.717) is 11.1 Å². The molecule has 0 spiro atoms. The lowest BCUT2D eigenvalue weighted by Gasteiger charge is -2.12. The summed E-state index contributed by atoms with van der Waals surface area (Å²) in [4.78, 5) is 11.8. The molecule has 2 rings (SSSR count). The molecule has 0 fully saturated rings. The van der Waals surface area contributed by atoms with E-state index in [9.17, 15) is 14.3 Å². The SMILES string of the molecule is Cc1ccoc1C(=O)NCC(O)c1ccc(Cl)c(F)c1. The minimum absolute atomic E-state index is 0.0174. The molecule has 20 heavy (non-hydrogen) atoms. The van der Waals surface area contributed by atoms with Gasteiger partial charge in [0.1, 0.15) is 5.82 Å². The maximum absolute atomic E-state index is 13.3. The Morgan fingerprint density at radius 2 is 2.25 bits per heavy atom. The average molecular weight is 298 g/mol. The Hall–Kier alpha value is -1.85. The number of benzene rings is 1. The van der Waals surface area contributed by atoms with Crippen molar-refractivity contribution in [3.05, 3.63) is 58.3 Å². The predicted octanol–water partition coefficient (Wildman–Crippen LogP) is 2.84. The van der Waals surface area contributed by atoms with E-state index >= 15 is 0 Å². The van der Waals surface area contributed by atoms with Gasteiger partial charge < -0.3 is 14.8 Å². The summed E-state index contributed by atoms with van der Waals surface area (Å²) < 4.78 is 18.3.